The number of aryl methyl sites for hydroxylation is 1. The summed E-state index contributed by atoms with van der Waals surface area (Å²) in [6, 6.07) is 8.37. The Kier molecular flexibility index (Phi) is 8.47. The Labute approximate surface area is 127 Å². The fourth-order valence-electron chi connectivity index (χ4n) is 1.98. The van der Waals surface area contributed by atoms with Gasteiger partial charge in [0.15, 0.2) is 0 Å². The maximum Gasteiger partial charge on any atom is 0.246 e. The van der Waals surface area contributed by atoms with E-state index in [1.807, 2.05) is 0 Å². The summed E-state index contributed by atoms with van der Waals surface area (Å²) in [5.74, 6) is -0.0913. The van der Waals surface area contributed by atoms with Crippen LogP contribution in [0.4, 0.5) is 5.69 Å². The fourth-order valence-corrected chi connectivity index (χ4v) is 1.98. The number of amides is 1. The molecule has 0 saturated heterocycles. The van der Waals surface area contributed by atoms with Crippen molar-refractivity contribution in [2.45, 2.75) is 13.8 Å². The number of carbonyl (C=O) groups is 1. The van der Waals surface area contributed by atoms with Crippen LogP contribution in [0.25, 0.3) is 0 Å². The van der Waals surface area contributed by atoms with Crippen molar-refractivity contribution in [3.8, 4) is 0 Å². The summed E-state index contributed by atoms with van der Waals surface area (Å²) >= 11 is 0. The van der Waals surface area contributed by atoms with Crippen molar-refractivity contribution in [3.63, 3.8) is 0 Å². The Morgan fingerprint density at radius 2 is 2.14 bits per heavy atom. The second-order valence-corrected chi connectivity index (χ2v) is 4.81. The highest BCUT2D eigenvalue weighted by Crippen LogP contribution is 2.14. The van der Waals surface area contributed by atoms with Crippen molar-refractivity contribution in [1.82, 2.24) is 5.32 Å². The van der Waals surface area contributed by atoms with Crippen LogP contribution >= 0.6 is 0 Å². The first kappa shape index (κ1) is 17.5. The van der Waals surface area contributed by atoms with Gasteiger partial charge in [0, 0.05) is 32.4 Å². The van der Waals surface area contributed by atoms with E-state index in [0.717, 1.165) is 13.1 Å². The van der Waals surface area contributed by atoms with Gasteiger partial charge < -0.3 is 19.7 Å². The molecule has 0 unspecified atom stereocenters. The molecule has 0 fully saturated rings. The normalized spacial score (nSPS) is 10.4. The smallest absolute Gasteiger partial charge is 0.246 e. The first-order chi connectivity index (χ1) is 10.2. The Morgan fingerprint density at radius 1 is 1.33 bits per heavy atom. The monoisotopic (exact) mass is 294 g/mol. The van der Waals surface area contributed by atoms with E-state index in [1.165, 1.54) is 11.3 Å². The molecule has 0 atom stereocenters. The second-order valence-electron chi connectivity index (χ2n) is 4.81. The zero-order valence-electron chi connectivity index (χ0n) is 13.2. The number of rotatable bonds is 10. The zero-order valence-corrected chi connectivity index (χ0v) is 13.2. The second kappa shape index (κ2) is 10.2. The zero-order chi connectivity index (χ0) is 15.5. The number of likely N-dealkylation sites (N-methyl/N-ethyl adjacent to an activating group) is 1. The van der Waals surface area contributed by atoms with E-state index in [2.05, 4.69) is 48.3 Å². The summed E-state index contributed by atoms with van der Waals surface area (Å²) in [5.41, 5.74) is 2.42. The molecule has 0 aliphatic carbocycles. The average molecular weight is 294 g/mol. The van der Waals surface area contributed by atoms with E-state index in [9.17, 15) is 4.79 Å². The molecule has 0 spiro atoms. The number of carbonyl (C=O) groups excluding carboxylic acids is 1. The van der Waals surface area contributed by atoms with Crippen molar-refractivity contribution >= 4 is 11.6 Å². The van der Waals surface area contributed by atoms with Crippen molar-refractivity contribution in [2.24, 2.45) is 0 Å². The lowest BCUT2D eigenvalue weighted by molar-refractivity contribution is -0.126. The molecule has 0 bridgehead atoms. The summed E-state index contributed by atoms with van der Waals surface area (Å²) in [4.78, 5) is 13.8. The van der Waals surface area contributed by atoms with E-state index in [-0.39, 0.29) is 12.5 Å². The molecule has 0 heterocycles. The molecular formula is C16H26N2O3. The number of hydrogen-bond donors (Lipinski definition) is 1. The summed E-state index contributed by atoms with van der Waals surface area (Å²) in [6.45, 7) is 7.51. The third-order valence-electron chi connectivity index (χ3n) is 3.12. The first-order valence-electron chi connectivity index (χ1n) is 7.32. The van der Waals surface area contributed by atoms with Crippen LogP contribution in [0, 0.1) is 6.92 Å². The lowest BCUT2D eigenvalue weighted by atomic mass is 10.2. The number of nitrogens with zero attached hydrogens (tertiary/aromatic N) is 1. The number of benzene rings is 1. The number of hydrogen-bond acceptors (Lipinski definition) is 4. The van der Waals surface area contributed by atoms with Crippen molar-refractivity contribution in [1.29, 1.82) is 0 Å². The first-order valence-corrected chi connectivity index (χ1v) is 7.32. The third-order valence-corrected chi connectivity index (χ3v) is 3.12. The molecule has 0 saturated carbocycles. The topological polar surface area (TPSA) is 50.8 Å². The van der Waals surface area contributed by atoms with E-state index in [4.69, 9.17) is 9.47 Å². The van der Waals surface area contributed by atoms with Crippen LogP contribution in [0.5, 0.6) is 0 Å². The van der Waals surface area contributed by atoms with Crippen LogP contribution in [0.15, 0.2) is 24.3 Å². The number of methoxy groups -OCH3 is 1. The molecule has 1 amide bonds. The van der Waals surface area contributed by atoms with E-state index >= 15 is 0 Å². The summed E-state index contributed by atoms with van der Waals surface area (Å²) < 4.78 is 10.0. The number of nitrogens with one attached hydrogen (secondary N) is 1. The van der Waals surface area contributed by atoms with Gasteiger partial charge in [-0.05, 0) is 31.5 Å². The van der Waals surface area contributed by atoms with Crippen LogP contribution in [-0.2, 0) is 14.3 Å². The Morgan fingerprint density at radius 3 is 2.81 bits per heavy atom. The van der Waals surface area contributed by atoms with Crippen molar-refractivity contribution in [2.75, 3.05) is 51.5 Å². The molecule has 118 valence electrons. The minimum absolute atomic E-state index is 0.0833. The molecule has 0 radical (unpaired) electrons. The van der Waals surface area contributed by atoms with Crippen LogP contribution < -0.4 is 10.2 Å². The molecule has 1 rings (SSSR count). The van der Waals surface area contributed by atoms with Crippen molar-refractivity contribution in [3.05, 3.63) is 29.8 Å². The van der Waals surface area contributed by atoms with Gasteiger partial charge in [-0.3, -0.25) is 4.79 Å². The summed E-state index contributed by atoms with van der Waals surface area (Å²) in [6.07, 6.45) is 0. The van der Waals surface area contributed by atoms with Gasteiger partial charge in [0.2, 0.25) is 5.91 Å². The largest absolute Gasteiger partial charge is 0.382 e. The number of anilines is 1. The summed E-state index contributed by atoms with van der Waals surface area (Å²) in [7, 11) is 1.61. The van der Waals surface area contributed by atoms with Crippen LogP contribution in [0.3, 0.4) is 0 Å². The van der Waals surface area contributed by atoms with Crippen LogP contribution in [-0.4, -0.2) is 52.5 Å². The number of ether oxygens (including phenoxy) is 2. The molecule has 1 aromatic carbocycles. The Balaban J connectivity index is 2.27. The van der Waals surface area contributed by atoms with Gasteiger partial charge >= 0.3 is 0 Å². The highest BCUT2D eigenvalue weighted by atomic mass is 16.5. The lowest BCUT2D eigenvalue weighted by Gasteiger charge is -2.23. The quantitative estimate of drug-likeness (QED) is 0.666. The SMILES string of the molecule is CCN(CCNC(=O)COCCOC)c1cccc(C)c1. The van der Waals surface area contributed by atoms with E-state index < -0.39 is 0 Å². The third kappa shape index (κ3) is 7.11. The minimum Gasteiger partial charge on any atom is -0.382 e. The standard InChI is InChI=1S/C16H26N2O3/c1-4-18(15-7-5-6-14(2)12-15)9-8-17-16(19)13-21-11-10-20-3/h5-7,12H,4,8-11,13H2,1-3H3,(H,17,19). The van der Waals surface area contributed by atoms with Gasteiger partial charge in [0.1, 0.15) is 6.61 Å². The Bertz CT molecular complexity index is 424. The van der Waals surface area contributed by atoms with Crippen molar-refractivity contribution < 1.29 is 14.3 Å². The minimum atomic E-state index is -0.0913. The highest BCUT2D eigenvalue weighted by molar-refractivity contribution is 5.77. The molecule has 1 N–H and O–H groups in total. The molecule has 5 nitrogen and oxygen atoms in total. The van der Waals surface area contributed by atoms with Gasteiger partial charge in [0.25, 0.3) is 0 Å². The van der Waals surface area contributed by atoms with Gasteiger partial charge in [-0.15, -0.1) is 0 Å². The molecule has 0 aliphatic rings. The average Bonchev–Trinajstić information content (AvgIpc) is 2.48. The highest BCUT2D eigenvalue weighted by Gasteiger charge is 2.06. The predicted molar refractivity (Wildman–Crippen MR) is 84.8 cm³/mol. The molecule has 0 aromatic heterocycles. The van der Waals surface area contributed by atoms with Gasteiger partial charge in [-0.25, -0.2) is 0 Å². The van der Waals surface area contributed by atoms with Gasteiger partial charge in [-0.2, -0.15) is 0 Å². The fraction of sp³-hybridized carbons (Fsp3) is 0.562. The molecule has 0 aliphatic heterocycles. The van der Waals surface area contributed by atoms with E-state index in [0.29, 0.717) is 19.8 Å². The predicted octanol–water partition coefficient (Wildman–Crippen LogP) is 1.60. The van der Waals surface area contributed by atoms with Crippen LogP contribution in [0.1, 0.15) is 12.5 Å². The van der Waals surface area contributed by atoms with Crippen LogP contribution in [0.2, 0.25) is 0 Å². The van der Waals surface area contributed by atoms with Gasteiger partial charge in [-0.1, -0.05) is 12.1 Å². The molecule has 5 heteroatoms. The molecular weight excluding hydrogens is 268 g/mol. The maximum absolute atomic E-state index is 11.6. The Hall–Kier alpha value is -1.59. The lowest BCUT2D eigenvalue weighted by Crippen LogP contribution is -2.36. The molecule has 21 heavy (non-hydrogen) atoms. The van der Waals surface area contributed by atoms with E-state index in [1.54, 1.807) is 7.11 Å². The van der Waals surface area contributed by atoms with Gasteiger partial charge in [0.05, 0.1) is 13.2 Å². The summed E-state index contributed by atoms with van der Waals surface area (Å²) in [5, 5.41) is 2.86. The molecule has 1 aromatic rings. The maximum atomic E-state index is 11.6.